The van der Waals surface area contributed by atoms with E-state index >= 15 is 0 Å². The number of carbonyl (C=O) groups excluding carboxylic acids is 2. The molecule has 25 heavy (non-hydrogen) atoms. The number of carboxylic acids is 1. The van der Waals surface area contributed by atoms with Crippen molar-refractivity contribution in [2.75, 3.05) is 19.7 Å². The van der Waals surface area contributed by atoms with Crippen LogP contribution < -0.4 is 5.32 Å². The zero-order chi connectivity index (χ0) is 17.8. The van der Waals surface area contributed by atoms with Crippen LogP contribution in [0.1, 0.15) is 51.4 Å². The van der Waals surface area contributed by atoms with Gasteiger partial charge < -0.3 is 20.1 Å². The summed E-state index contributed by atoms with van der Waals surface area (Å²) >= 11 is 0. The van der Waals surface area contributed by atoms with Crippen molar-refractivity contribution >= 4 is 17.8 Å². The van der Waals surface area contributed by atoms with Crippen molar-refractivity contribution in [1.82, 2.24) is 10.2 Å². The fourth-order valence-corrected chi connectivity index (χ4v) is 4.25. The highest BCUT2D eigenvalue weighted by molar-refractivity contribution is 5.81. The van der Waals surface area contributed by atoms with Gasteiger partial charge >= 0.3 is 5.97 Å². The molecule has 7 nitrogen and oxygen atoms in total. The molecule has 0 aromatic heterocycles. The van der Waals surface area contributed by atoms with Gasteiger partial charge in [-0.15, -0.1) is 0 Å². The van der Waals surface area contributed by atoms with E-state index in [0.717, 1.165) is 51.4 Å². The molecule has 1 unspecified atom stereocenters. The van der Waals surface area contributed by atoms with Crippen LogP contribution >= 0.6 is 0 Å². The molecule has 1 aliphatic heterocycles. The summed E-state index contributed by atoms with van der Waals surface area (Å²) in [6, 6.07) is 0.175. The average Bonchev–Trinajstić information content (AvgIpc) is 3.17. The largest absolute Gasteiger partial charge is 0.479 e. The third-order valence-corrected chi connectivity index (χ3v) is 5.80. The Labute approximate surface area is 148 Å². The third-order valence-electron chi connectivity index (χ3n) is 5.80. The number of amides is 2. The van der Waals surface area contributed by atoms with E-state index in [0.29, 0.717) is 6.54 Å². The van der Waals surface area contributed by atoms with E-state index in [9.17, 15) is 14.4 Å². The Hall–Kier alpha value is -1.63. The van der Waals surface area contributed by atoms with Crippen molar-refractivity contribution in [2.24, 2.45) is 11.8 Å². The van der Waals surface area contributed by atoms with Gasteiger partial charge in [-0.1, -0.05) is 12.8 Å². The molecule has 0 spiro atoms. The average molecular weight is 352 g/mol. The number of nitrogens with zero attached hydrogens (tertiary/aromatic N) is 1. The smallest absolute Gasteiger partial charge is 0.334 e. The van der Waals surface area contributed by atoms with E-state index in [2.05, 4.69) is 5.32 Å². The highest BCUT2D eigenvalue weighted by Crippen LogP contribution is 2.29. The molecule has 2 aliphatic carbocycles. The molecule has 1 atom stereocenters. The molecule has 140 valence electrons. The van der Waals surface area contributed by atoms with Gasteiger partial charge in [0.25, 0.3) is 0 Å². The van der Waals surface area contributed by atoms with Crippen LogP contribution in [0, 0.1) is 11.8 Å². The fourth-order valence-electron chi connectivity index (χ4n) is 4.25. The van der Waals surface area contributed by atoms with Crippen molar-refractivity contribution in [2.45, 2.75) is 63.5 Å². The number of nitrogens with one attached hydrogen (secondary N) is 1. The molecule has 2 amide bonds. The first-order chi connectivity index (χ1) is 12.0. The number of ether oxygens (including phenoxy) is 1. The first-order valence-electron chi connectivity index (χ1n) is 9.48. The fraction of sp³-hybridized carbons (Fsp3) is 0.833. The maximum atomic E-state index is 12.6. The maximum Gasteiger partial charge on any atom is 0.334 e. The molecule has 1 heterocycles. The van der Waals surface area contributed by atoms with Gasteiger partial charge in [-0.3, -0.25) is 9.59 Å². The zero-order valence-corrected chi connectivity index (χ0v) is 14.6. The summed E-state index contributed by atoms with van der Waals surface area (Å²) < 4.78 is 5.18. The Morgan fingerprint density at radius 3 is 2.28 bits per heavy atom. The van der Waals surface area contributed by atoms with Gasteiger partial charge in [-0.25, -0.2) is 4.79 Å². The summed E-state index contributed by atoms with van der Waals surface area (Å²) in [6.45, 7) is 0.864. The van der Waals surface area contributed by atoms with Gasteiger partial charge in [0.05, 0.1) is 13.2 Å². The Kier molecular flexibility index (Phi) is 5.93. The van der Waals surface area contributed by atoms with E-state index in [1.165, 1.54) is 0 Å². The molecule has 0 aromatic carbocycles. The highest BCUT2D eigenvalue weighted by Gasteiger charge is 2.35. The molecule has 0 radical (unpaired) electrons. The van der Waals surface area contributed by atoms with Crippen LogP contribution in [0.5, 0.6) is 0 Å². The lowest BCUT2D eigenvalue weighted by Crippen LogP contribution is -2.51. The first-order valence-corrected chi connectivity index (χ1v) is 9.48. The Bertz CT molecular complexity index is 510. The highest BCUT2D eigenvalue weighted by atomic mass is 16.5. The molecule has 2 saturated carbocycles. The SMILES string of the molecule is O=C(NC1CCC(C(=O)N2CCOC(C(=O)O)C2)CC1)C1CCCC1. The molecular formula is C18H28N2O5. The van der Waals surface area contributed by atoms with E-state index in [4.69, 9.17) is 9.84 Å². The van der Waals surface area contributed by atoms with E-state index in [1.54, 1.807) is 4.90 Å². The number of morpholine rings is 1. The van der Waals surface area contributed by atoms with E-state index < -0.39 is 12.1 Å². The molecule has 3 rings (SSSR count). The number of hydrogen-bond acceptors (Lipinski definition) is 4. The van der Waals surface area contributed by atoms with Crippen molar-refractivity contribution in [3.05, 3.63) is 0 Å². The van der Waals surface area contributed by atoms with Crippen LogP contribution in [0.25, 0.3) is 0 Å². The lowest BCUT2D eigenvalue weighted by atomic mass is 9.84. The number of hydrogen-bond donors (Lipinski definition) is 2. The normalized spacial score (nSPS) is 30.9. The van der Waals surface area contributed by atoms with E-state index in [1.807, 2.05) is 0 Å². The second-order valence-electron chi connectivity index (χ2n) is 7.52. The summed E-state index contributed by atoms with van der Waals surface area (Å²) in [5.74, 6) is -0.677. The maximum absolute atomic E-state index is 12.6. The van der Waals surface area contributed by atoms with Crippen LogP contribution in [-0.2, 0) is 19.1 Å². The summed E-state index contributed by atoms with van der Waals surface area (Å²) in [5, 5.41) is 12.2. The number of aliphatic carboxylic acids is 1. The van der Waals surface area contributed by atoms with Crippen molar-refractivity contribution in [1.29, 1.82) is 0 Å². The Balaban J connectivity index is 1.44. The van der Waals surface area contributed by atoms with Gasteiger partial charge in [-0.05, 0) is 38.5 Å². The van der Waals surface area contributed by atoms with Crippen LogP contribution in [0.4, 0.5) is 0 Å². The number of carboxylic acid groups (broad SMARTS) is 1. The molecular weight excluding hydrogens is 324 g/mol. The van der Waals surface area contributed by atoms with Gasteiger partial charge in [-0.2, -0.15) is 0 Å². The minimum absolute atomic E-state index is 0.0371. The van der Waals surface area contributed by atoms with Crippen LogP contribution in [0.3, 0.4) is 0 Å². The summed E-state index contributed by atoms with van der Waals surface area (Å²) in [6.07, 6.45) is 6.53. The molecule has 3 aliphatic rings. The van der Waals surface area contributed by atoms with Crippen LogP contribution in [0.15, 0.2) is 0 Å². The zero-order valence-electron chi connectivity index (χ0n) is 14.6. The molecule has 1 saturated heterocycles. The summed E-state index contributed by atoms with van der Waals surface area (Å²) in [7, 11) is 0. The van der Waals surface area contributed by atoms with E-state index in [-0.39, 0.29) is 42.8 Å². The standard InChI is InChI=1S/C18H28N2O5/c21-16(12-3-1-2-4-12)19-14-7-5-13(6-8-14)17(22)20-9-10-25-15(11-20)18(23)24/h12-15H,1-11H2,(H,19,21)(H,23,24). The van der Waals surface area contributed by atoms with Gasteiger partial charge in [0, 0.05) is 24.4 Å². The lowest BCUT2D eigenvalue weighted by Gasteiger charge is -2.36. The monoisotopic (exact) mass is 352 g/mol. The van der Waals surface area contributed by atoms with Crippen LogP contribution in [-0.4, -0.2) is 59.6 Å². The van der Waals surface area contributed by atoms with Crippen molar-refractivity contribution < 1.29 is 24.2 Å². The Morgan fingerprint density at radius 1 is 0.960 bits per heavy atom. The van der Waals surface area contributed by atoms with Crippen LogP contribution in [0.2, 0.25) is 0 Å². The molecule has 0 aromatic rings. The summed E-state index contributed by atoms with van der Waals surface area (Å²) in [4.78, 5) is 37.5. The predicted octanol–water partition coefficient (Wildman–Crippen LogP) is 1.16. The lowest BCUT2D eigenvalue weighted by molar-refractivity contribution is -0.160. The van der Waals surface area contributed by atoms with Gasteiger partial charge in [0.1, 0.15) is 0 Å². The quantitative estimate of drug-likeness (QED) is 0.792. The van der Waals surface area contributed by atoms with Gasteiger partial charge in [0.15, 0.2) is 6.10 Å². The predicted molar refractivity (Wildman–Crippen MR) is 89.8 cm³/mol. The van der Waals surface area contributed by atoms with Gasteiger partial charge in [0.2, 0.25) is 11.8 Å². The minimum Gasteiger partial charge on any atom is -0.479 e. The topological polar surface area (TPSA) is 95.9 Å². The summed E-state index contributed by atoms with van der Waals surface area (Å²) in [5.41, 5.74) is 0. The van der Waals surface area contributed by atoms with Crippen molar-refractivity contribution in [3.63, 3.8) is 0 Å². The number of carbonyl (C=O) groups is 3. The second kappa shape index (κ2) is 8.17. The second-order valence-corrected chi connectivity index (χ2v) is 7.52. The number of rotatable bonds is 4. The molecule has 2 N–H and O–H groups in total. The first kappa shape index (κ1) is 18.2. The third kappa shape index (κ3) is 4.51. The molecule has 7 heteroatoms. The molecule has 3 fully saturated rings. The minimum atomic E-state index is -1.02. The van der Waals surface area contributed by atoms with Crippen molar-refractivity contribution in [3.8, 4) is 0 Å². The molecule has 0 bridgehead atoms. The Morgan fingerprint density at radius 2 is 1.64 bits per heavy atom.